The molecule has 21 heavy (non-hydrogen) atoms. The highest BCUT2D eigenvalue weighted by atomic mass is 79.9. The van der Waals surface area contributed by atoms with Crippen LogP contribution in [0.2, 0.25) is 0 Å². The fourth-order valence-corrected chi connectivity index (χ4v) is 3.99. The van der Waals surface area contributed by atoms with E-state index >= 15 is 0 Å². The zero-order valence-electron chi connectivity index (χ0n) is 12.5. The lowest BCUT2D eigenvalue weighted by Crippen LogP contribution is -2.38. The molecular weight excluding hydrogens is 350 g/mol. The van der Waals surface area contributed by atoms with Gasteiger partial charge < -0.3 is 9.47 Å². The molecule has 1 fully saturated rings. The first-order valence-corrected chi connectivity index (χ1v) is 8.83. The predicted octanol–water partition coefficient (Wildman–Crippen LogP) is 4.09. The molecule has 2 unspecified atom stereocenters. The molecule has 2 aromatic rings. The standard InChI is InChI=1S/C16H21BrClN3/c1-11-10-20(2)8-6-14(11)21-15-9-12(17)3-4-13(15)19-16(21)5-7-18/h3-4,9,11,14H,5-8,10H2,1-2H3. The van der Waals surface area contributed by atoms with Crippen molar-refractivity contribution in [2.45, 2.75) is 25.8 Å². The van der Waals surface area contributed by atoms with Crippen molar-refractivity contribution in [3.05, 3.63) is 28.5 Å². The molecule has 0 saturated carbocycles. The minimum absolute atomic E-state index is 0.513. The number of halogens is 2. The Labute approximate surface area is 139 Å². The topological polar surface area (TPSA) is 21.1 Å². The maximum Gasteiger partial charge on any atom is 0.111 e. The Kier molecular flexibility index (Phi) is 4.57. The molecule has 1 aliphatic rings. The molecule has 2 heterocycles. The van der Waals surface area contributed by atoms with E-state index in [1.165, 1.54) is 11.9 Å². The lowest BCUT2D eigenvalue weighted by molar-refractivity contribution is 0.159. The van der Waals surface area contributed by atoms with Crippen LogP contribution in [0.4, 0.5) is 0 Å². The van der Waals surface area contributed by atoms with Crippen LogP contribution in [0.25, 0.3) is 11.0 Å². The van der Waals surface area contributed by atoms with Gasteiger partial charge in [0, 0.05) is 29.4 Å². The number of nitrogens with zero attached hydrogens (tertiary/aromatic N) is 3. The van der Waals surface area contributed by atoms with Crippen LogP contribution in [0.1, 0.15) is 25.2 Å². The Hall–Kier alpha value is -0.580. The van der Waals surface area contributed by atoms with Crippen molar-refractivity contribution in [2.75, 3.05) is 26.0 Å². The highest BCUT2D eigenvalue weighted by Gasteiger charge is 2.28. The van der Waals surface area contributed by atoms with Gasteiger partial charge in [-0.3, -0.25) is 0 Å². The largest absolute Gasteiger partial charge is 0.324 e. The zero-order chi connectivity index (χ0) is 15.0. The third-order valence-electron chi connectivity index (χ3n) is 4.44. The van der Waals surface area contributed by atoms with Crippen LogP contribution < -0.4 is 0 Å². The molecule has 1 aromatic heterocycles. The van der Waals surface area contributed by atoms with Gasteiger partial charge in [-0.25, -0.2) is 4.98 Å². The van der Waals surface area contributed by atoms with E-state index in [0.717, 1.165) is 35.3 Å². The second kappa shape index (κ2) is 6.27. The first-order chi connectivity index (χ1) is 10.1. The number of likely N-dealkylation sites (tertiary alicyclic amines) is 1. The van der Waals surface area contributed by atoms with Crippen molar-refractivity contribution in [1.29, 1.82) is 0 Å². The van der Waals surface area contributed by atoms with Crippen LogP contribution >= 0.6 is 27.5 Å². The molecule has 0 N–H and O–H groups in total. The normalized spacial score (nSPS) is 23.8. The smallest absolute Gasteiger partial charge is 0.111 e. The third-order valence-corrected chi connectivity index (χ3v) is 5.12. The fourth-order valence-electron chi connectivity index (χ4n) is 3.47. The van der Waals surface area contributed by atoms with Crippen LogP contribution in [-0.2, 0) is 6.42 Å². The average Bonchev–Trinajstić information content (AvgIpc) is 2.77. The van der Waals surface area contributed by atoms with Crippen molar-refractivity contribution in [2.24, 2.45) is 5.92 Å². The number of imidazole rings is 1. The lowest BCUT2D eigenvalue weighted by Gasteiger charge is -2.36. The number of hydrogen-bond donors (Lipinski definition) is 0. The van der Waals surface area contributed by atoms with E-state index in [2.05, 4.69) is 57.6 Å². The summed E-state index contributed by atoms with van der Waals surface area (Å²) in [5.74, 6) is 2.36. The lowest BCUT2D eigenvalue weighted by atomic mass is 9.93. The van der Waals surface area contributed by atoms with Crippen LogP contribution in [0.3, 0.4) is 0 Å². The number of fused-ring (bicyclic) bond motifs is 1. The van der Waals surface area contributed by atoms with Crippen molar-refractivity contribution in [3.63, 3.8) is 0 Å². The van der Waals surface area contributed by atoms with Crippen LogP contribution in [0.15, 0.2) is 22.7 Å². The second-order valence-corrected chi connectivity index (χ2v) is 7.36. The molecule has 0 aliphatic carbocycles. The first kappa shape index (κ1) is 15.3. The zero-order valence-corrected chi connectivity index (χ0v) is 14.9. The number of piperidine rings is 1. The van der Waals surface area contributed by atoms with E-state index < -0.39 is 0 Å². The summed E-state index contributed by atoms with van der Waals surface area (Å²) >= 11 is 9.58. The summed E-state index contributed by atoms with van der Waals surface area (Å²) in [4.78, 5) is 7.23. The summed E-state index contributed by atoms with van der Waals surface area (Å²) in [6.45, 7) is 4.62. The van der Waals surface area contributed by atoms with Gasteiger partial charge in [0.1, 0.15) is 5.82 Å². The third kappa shape index (κ3) is 2.99. The molecule has 0 amide bonds. The molecular formula is C16H21BrClN3. The summed E-state index contributed by atoms with van der Waals surface area (Å²) in [5.41, 5.74) is 2.30. The number of aromatic nitrogens is 2. The molecule has 1 aliphatic heterocycles. The van der Waals surface area contributed by atoms with Gasteiger partial charge >= 0.3 is 0 Å². The van der Waals surface area contributed by atoms with Gasteiger partial charge in [0.25, 0.3) is 0 Å². The number of aryl methyl sites for hydroxylation is 1. The summed E-state index contributed by atoms with van der Waals surface area (Å²) in [5, 5.41) is 0. The van der Waals surface area contributed by atoms with Crippen molar-refractivity contribution in [3.8, 4) is 0 Å². The molecule has 2 atom stereocenters. The summed E-state index contributed by atoms with van der Waals surface area (Å²) < 4.78 is 3.55. The Morgan fingerprint density at radius 1 is 1.43 bits per heavy atom. The Balaban J connectivity index is 2.10. The number of hydrogen-bond acceptors (Lipinski definition) is 2. The number of benzene rings is 1. The maximum absolute atomic E-state index is 5.99. The van der Waals surface area contributed by atoms with Crippen LogP contribution in [0, 0.1) is 5.92 Å². The monoisotopic (exact) mass is 369 g/mol. The summed E-state index contributed by atoms with van der Waals surface area (Å²) in [6.07, 6.45) is 2.00. The van der Waals surface area contributed by atoms with E-state index in [-0.39, 0.29) is 0 Å². The van der Waals surface area contributed by atoms with Gasteiger partial charge in [-0.1, -0.05) is 22.9 Å². The predicted molar refractivity (Wildman–Crippen MR) is 92.2 cm³/mol. The Bertz CT molecular complexity index is 640. The van der Waals surface area contributed by atoms with Crippen LogP contribution in [0.5, 0.6) is 0 Å². The number of rotatable bonds is 3. The molecule has 0 radical (unpaired) electrons. The molecule has 1 saturated heterocycles. The van der Waals surface area contributed by atoms with E-state index in [1.807, 2.05) is 0 Å². The van der Waals surface area contributed by atoms with E-state index in [1.54, 1.807) is 0 Å². The number of alkyl halides is 1. The van der Waals surface area contributed by atoms with E-state index in [0.29, 0.717) is 17.8 Å². The highest BCUT2D eigenvalue weighted by molar-refractivity contribution is 9.10. The molecule has 0 spiro atoms. The Morgan fingerprint density at radius 3 is 2.95 bits per heavy atom. The molecule has 0 bridgehead atoms. The quantitative estimate of drug-likeness (QED) is 0.759. The molecule has 3 nitrogen and oxygen atoms in total. The average molecular weight is 371 g/mol. The van der Waals surface area contributed by atoms with Gasteiger partial charge in [-0.15, -0.1) is 11.6 Å². The van der Waals surface area contributed by atoms with Gasteiger partial charge in [-0.2, -0.15) is 0 Å². The second-order valence-electron chi connectivity index (χ2n) is 6.07. The van der Waals surface area contributed by atoms with Gasteiger partial charge in [0.2, 0.25) is 0 Å². The maximum atomic E-state index is 5.99. The van der Waals surface area contributed by atoms with Crippen molar-refractivity contribution in [1.82, 2.24) is 14.5 Å². The summed E-state index contributed by atoms with van der Waals surface area (Å²) in [7, 11) is 2.20. The summed E-state index contributed by atoms with van der Waals surface area (Å²) in [6, 6.07) is 6.85. The molecule has 1 aromatic carbocycles. The first-order valence-electron chi connectivity index (χ1n) is 7.51. The SMILES string of the molecule is CC1CN(C)CCC1n1c(CCCl)nc2ccc(Br)cc21. The van der Waals surface area contributed by atoms with E-state index in [9.17, 15) is 0 Å². The van der Waals surface area contributed by atoms with Gasteiger partial charge in [-0.05, 0) is 44.1 Å². The fraction of sp³-hybridized carbons (Fsp3) is 0.562. The molecule has 3 rings (SSSR count). The van der Waals surface area contributed by atoms with Crippen LogP contribution in [-0.4, -0.2) is 40.5 Å². The minimum Gasteiger partial charge on any atom is -0.324 e. The Morgan fingerprint density at radius 2 is 2.24 bits per heavy atom. The van der Waals surface area contributed by atoms with E-state index in [4.69, 9.17) is 16.6 Å². The van der Waals surface area contributed by atoms with Gasteiger partial charge in [0.05, 0.1) is 11.0 Å². The molecule has 5 heteroatoms. The molecule has 114 valence electrons. The highest BCUT2D eigenvalue weighted by Crippen LogP contribution is 2.33. The van der Waals surface area contributed by atoms with Gasteiger partial charge in [0.15, 0.2) is 0 Å². The minimum atomic E-state index is 0.513. The van der Waals surface area contributed by atoms with Crippen molar-refractivity contribution < 1.29 is 0 Å². The van der Waals surface area contributed by atoms with Crippen molar-refractivity contribution >= 4 is 38.6 Å².